The van der Waals surface area contributed by atoms with Gasteiger partial charge >= 0.3 is 0 Å². The molecule has 0 amide bonds. The average molecular weight is 518 g/mol. The van der Waals surface area contributed by atoms with Crippen molar-refractivity contribution >= 4 is 24.0 Å². The smallest absolute Gasteiger partial charge is 0.241 e. The van der Waals surface area contributed by atoms with Crippen molar-refractivity contribution in [1.82, 2.24) is 29.7 Å². The molecule has 1 N–H and O–H groups in total. The quantitative estimate of drug-likeness (QED) is 0.423. The van der Waals surface area contributed by atoms with Crippen LogP contribution in [0.1, 0.15) is 17.4 Å². The maximum absolute atomic E-state index is 13.7. The topological polar surface area (TPSA) is 136 Å². The molecular formula is C22H31N7O4SSi. The molecule has 1 aliphatic rings. The molecule has 0 bridgehead atoms. The van der Waals surface area contributed by atoms with E-state index in [0.29, 0.717) is 23.1 Å². The number of anilines is 1. The maximum Gasteiger partial charge on any atom is 0.241 e. The van der Waals surface area contributed by atoms with Crippen molar-refractivity contribution in [1.29, 1.82) is 0 Å². The Balaban J connectivity index is 1.74. The Hall–Kier alpha value is -2.90. The Labute approximate surface area is 206 Å². The van der Waals surface area contributed by atoms with Gasteiger partial charge in [-0.25, -0.2) is 27.7 Å². The van der Waals surface area contributed by atoms with Crippen molar-refractivity contribution in [3.8, 4) is 17.3 Å². The molecule has 4 heterocycles. The monoisotopic (exact) mass is 517 g/mol. The zero-order valence-electron chi connectivity index (χ0n) is 20.4. The lowest BCUT2D eigenvalue weighted by Crippen LogP contribution is -2.40. The molecule has 3 aromatic rings. The molecule has 35 heavy (non-hydrogen) atoms. The van der Waals surface area contributed by atoms with Gasteiger partial charge in [0.15, 0.2) is 5.82 Å². The van der Waals surface area contributed by atoms with E-state index >= 15 is 0 Å². The highest BCUT2D eigenvalue weighted by molar-refractivity contribution is 7.92. The number of hydrogen-bond acceptors (Lipinski definition) is 9. The number of nitrogens with zero attached hydrogens (tertiary/aromatic N) is 7. The number of ether oxygens (including phenoxy) is 1. The molecular weight excluding hydrogens is 486 g/mol. The second-order valence-corrected chi connectivity index (χ2v) is 17.5. The van der Waals surface area contributed by atoms with Crippen LogP contribution in [0.25, 0.3) is 11.4 Å². The van der Waals surface area contributed by atoms with Crippen molar-refractivity contribution in [2.75, 3.05) is 29.8 Å². The van der Waals surface area contributed by atoms with E-state index in [1.54, 1.807) is 35.3 Å². The molecule has 1 atom stereocenters. The van der Waals surface area contributed by atoms with Crippen LogP contribution in [-0.4, -0.2) is 76.8 Å². The molecule has 188 valence electrons. The fourth-order valence-corrected chi connectivity index (χ4v) is 6.17. The molecule has 0 saturated heterocycles. The zero-order chi connectivity index (χ0) is 25.2. The highest BCUT2D eigenvalue weighted by Gasteiger charge is 2.35. The minimum Gasteiger partial charge on any atom is -0.475 e. The number of rotatable bonds is 9. The largest absolute Gasteiger partial charge is 0.475 e. The molecule has 0 unspecified atom stereocenters. The van der Waals surface area contributed by atoms with Crippen LogP contribution in [0, 0.1) is 6.92 Å². The molecule has 0 radical (unpaired) electrons. The summed E-state index contributed by atoms with van der Waals surface area (Å²) in [6.07, 6.45) is 5.13. The Bertz CT molecular complexity index is 1280. The number of aliphatic hydroxyl groups is 1. The first kappa shape index (κ1) is 25.2. The van der Waals surface area contributed by atoms with Gasteiger partial charge in [0, 0.05) is 39.6 Å². The second-order valence-electron chi connectivity index (χ2n) is 9.82. The molecule has 3 aromatic heterocycles. The van der Waals surface area contributed by atoms with Crippen molar-refractivity contribution in [3.05, 3.63) is 42.1 Å². The van der Waals surface area contributed by atoms with Gasteiger partial charge in [0.25, 0.3) is 0 Å². The summed E-state index contributed by atoms with van der Waals surface area (Å²) in [5, 5.41) is 18.8. The first-order valence-corrected chi connectivity index (χ1v) is 16.8. The molecule has 0 aliphatic carbocycles. The lowest BCUT2D eigenvalue weighted by molar-refractivity contribution is 0.169. The molecule has 13 heteroatoms. The van der Waals surface area contributed by atoms with Gasteiger partial charge in [-0.05, 0) is 30.7 Å². The van der Waals surface area contributed by atoms with Crippen molar-refractivity contribution < 1.29 is 18.3 Å². The summed E-state index contributed by atoms with van der Waals surface area (Å²) >= 11 is 0. The minimum absolute atomic E-state index is 0.109. The third-order valence-corrected chi connectivity index (χ3v) is 9.18. The number of hydrogen-bond donors (Lipinski definition) is 1. The maximum atomic E-state index is 13.7. The third kappa shape index (κ3) is 5.68. The van der Waals surface area contributed by atoms with Gasteiger partial charge in [0.1, 0.15) is 12.4 Å². The Morgan fingerprint density at radius 1 is 1.20 bits per heavy atom. The Morgan fingerprint density at radius 2 is 1.94 bits per heavy atom. The minimum atomic E-state index is -3.82. The summed E-state index contributed by atoms with van der Waals surface area (Å²) in [4.78, 5) is 12.8. The summed E-state index contributed by atoms with van der Waals surface area (Å²) in [5.41, 5.74) is 1.50. The van der Waals surface area contributed by atoms with Gasteiger partial charge in [0.2, 0.25) is 21.9 Å². The van der Waals surface area contributed by atoms with E-state index in [-0.39, 0.29) is 37.9 Å². The third-order valence-electron chi connectivity index (χ3n) is 5.72. The van der Waals surface area contributed by atoms with Crippen LogP contribution in [0.2, 0.25) is 25.7 Å². The second kappa shape index (κ2) is 9.99. The predicted molar refractivity (Wildman–Crippen MR) is 135 cm³/mol. The number of fused-ring (bicyclic) bond motifs is 3. The Morgan fingerprint density at radius 3 is 2.63 bits per heavy atom. The molecule has 0 saturated carbocycles. The number of pyridine rings is 1. The van der Waals surface area contributed by atoms with Crippen LogP contribution >= 0.6 is 0 Å². The number of aromatic nitrogens is 6. The van der Waals surface area contributed by atoms with E-state index in [1.165, 1.54) is 4.31 Å². The van der Waals surface area contributed by atoms with Gasteiger partial charge in [-0.1, -0.05) is 19.6 Å². The lowest BCUT2D eigenvalue weighted by Gasteiger charge is -2.28. The first-order chi connectivity index (χ1) is 16.6. The van der Waals surface area contributed by atoms with Crippen LogP contribution in [0.15, 0.2) is 30.7 Å². The predicted octanol–water partition coefficient (Wildman–Crippen LogP) is 2.08. The average Bonchev–Trinajstić information content (AvgIpc) is 3.15. The van der Waals surface area contributed by atoms with Gasteiger partial charge in [-0.2, -0.15) is 0 Å². The standard InChI is InChI=1S/C22H31N7O4SSi/c1-16-12-24-19(25-13-16)7-10-34(31,32)28(9-11-35(2,3)4)22-27-26-20-18-6-5-8-23-21(18)33-15-17(14-30)29(20)22/h5-6,8,12-13,17,30H,7,9-11,14-15H2,1-4H3/t17-/m1/s1. The molecule has 1 aliphatic heterocycles. The van der Waals surface area contributed by atoms with E-state index in [4.69, 9.17) is 4.74 Å². The first-order valence-electron chi connectivity index (χ1n) is 11.5. The molecule has 0 aromatic carbocycles. The zero-order valence-corrected chi connectivity index (χ0v) is 22.2. The normalized spacial score (nSPS) is 15.6. The fourth-order valence-electron chi connectivity index (χ4n) is 3.71. The highest BCUT2D eigenvalue weighted by Crippen LogP contribution is 2.36. The molecule has 0 spiro atoms. The summed E-state index contributed by atoms with van der Waals surface area (Å²) in [5.74, 6) is 1.24. The van der Waals surface area contributed by atoms with E-state index < -0.39 is 24.1 Å². The molecule has 11 nitrogen and oxygen atoms in total. The SMILES string of the molecule is Cc1cnc(CCS(=O)(=O)N(CC[Si](C)(C)C)c2nnc3n2[C@H](CO)COc2ncccc2-3)nc1. The van der Waals surface area contributed by atoms with Gasteiger partial charge in [-0.3, -0.25) is 4.57 Å². The molecule has 0 fully saturated rings. The summed E-state index contributed by atoms with van der Waals surface area (Å²) in [7, 11) is -5.42. The number of aryl methyl sites for hydroxylation is 2. The van der Waals surface area contributed by atoms with Gasteiger partial charge in [0.05, 0.1) is 24.0 Å². The summed E-state index contributed by atoms with van der Waals surface area (Å²) < 4.78 is 36.2. The van der Waals surface area contributed by atoms with E-state index in [9.17, 15) is 13.5 Å². The number of aliphatic hydroxyl groups excluding tert-OH is 1. The summed E-state index contributed by atoms with van der Waals surface area (Å²) in [6.45, 7) is 8.55. The van der Waals surface area contributed by atoms with Crippen molar-refractivity contribution in [2.45, 2.75) is 45.1 Å². The van der Waals surface area contributed by atoms with E-state index in [0.717, 1.165) is 11.6 Å². The van der Waals surface area contributed by atoms with Crippen LogP contribution in [0.4, 0.5) is 5.95 Å². The molecule has 4 rings (SSSR count). The van der Waals surface area contributed by atoms with Crippen LogP contribution in [-0.2, 0) is 16.4 Å². The summed E-state index contributed by atoms with van der Waals surface area (Å²) in [6, 6.07) is 3.70. The van der Waals surface area contributed by atoms with Crippen molar-refractivity contribution in [3.63, 3.8) is 0 Å². The fraction of sp³-hybridized carbons (Fsp3) is 0.500. The van der Waals surface area contributed by atoms with Gasteiger partial charge in [-0.15, -0.1) is 10.2 Å². The van der Waals surface area contributed by atoms with Crippen LogP contribution in [0.5, 0.6) is 5.88 Å². The lowest BCUT2D eigenvalue weighted by atomic mass is 10.2. The highest BCUT2D eigenvalue weighted by atomic mass is 32.2. The number of sulfonamides is 1. The van der Waals surface area contributed by atoms with Crippen molar-refractivity contribution in [2.24, 2.45) is 0 Å². The van der Waals surface area contributed by atoms with Crippen LogP contribution < -0.4 is 9.04 Å². The van der Waals surface area contributed by atoms with E-state index in [2.05, 4.69) is 44.8 Å². The van der Waals surface area contributed by atoms with E-state index in [1.807, 2.05) is 6.92 Å². The van der Waals surface area contributed by atoms with Crippen LogP contribution in [0.3, 0.4) is 0 Å². The van der Waals surface area contributed by atoms with Gasteiger partial charge < -0.3 is 9.84 Å². The Kier molecular flexibility index (Phi) is 7.19.